The number of thiazole rings is 1. The number of nitrogens with zero attached hydrogens (tertiary/aromatic N) is 3. The number of halogens is 1. The van der Waals surface area contributed by atoms with Gasteiger partial charge in [0.05, 0.1) is 15.7 Å². The van der Waals surface area contributed by atoms with Gasteiger partial charge in [0.25, 0.3) is 0 Å². The smallest absolute Gasteiger partial charge is 0.213 e. The summed E-state index contributed by atoms with van der Waals surface area (Å²) in [7, 11) is 0. The van der Waals surface area contributed by atoms with Crippen molar-refractivity contribution in [2.75, 3.05) is 0 Å². The molecular weight excluding hydrogens is 274 g/mol. The zero-order chi connectivity index (χ0) is 9.10. The first-order valence-corrected chi connectivity index (χ1v) is 5.93. The minimum Gasteiger partial charge on any atom is -0.343 e. The standard InChI is InChI=1S/C6H4BrN3OS2/c7-4-1-8-6(13-4)12-2-5-9-3-11-10-5/h1,3H,2H2. The highest BCUT2D eigenvalue weighted by Crippen LogP contribution is 2.29. The molecule has 68 valence electrons. The van der Waals surface area contributed by atoms with Crippen LogP contribution in [0.15, 0.2) is 25.2 Å². The fourth-order valence-corrected chi connectivity index (χ4v) is 3.14. The summed E-state index contributed by atoms with van der Waals surface area (Å²) in [6.07, 6.45) is 3.11. The van der Waals surface area contributed by atoms with Crippen LogP contribution in [0.3, 0.4) is 0 Å². The van der Waals surface area contributed by atoms with Gasteiger partial charge in [-0.05, 0) is 15.9 Å². The van der Waals surface area contributed by atoms with Gasteiger partial charge < -0.3 is 4.52 Å². The molecule has 0 saturated heterocycles. The number of rotatable bonds is 3. The van der Waals surface area contributed by atoms with Crippen molar-refractivity contribution in [3.05, 3.63) is 22.2 Å². The second-order valence-electron chi connectivity index (χ2n) is 2.07. The Balaban J connectivity index is 1.93. The first-order chi connectivity index (χ1) is 6.34. The predicted octanol–water partition coefficient (Wildman–Crippen LogP) is 2.58. The van der Waals surface area contributed by atoms with Gasteiger partial charge in [0.15, 0.2) is 10.2 Å². The second-order valence-corrected chi connectivity index (χ2v) is 5.70. The molecule has 0 aliphatic rings. The Morgan fingerprint density at radius 3 is 3.08 bits per heavy atom. The zero-order valence-electron chi connectivity index (χ0n) is 6.31. The fraction of sp³-hybridized carbons (Fsp3) is 0.167. The van der Waals surface area contributed by atoms with E-state index in [1.165, 1.54) is 6.39 Å². The summed E-state index contributed by atoms with van der Waals surface area (Å²) in [6.45, 7) is 0. The van der Waals surface area contributed by atoms with Crippen LogP contribution in [0, 0.1) is 0 Å². The Morgan fingerprint density at radius 1 is 1.54 bits per heavy atom. The number of aromatic nitrogens is 3. The third-order valence-corrected chi connectivity index (χ3v) is 3.82. The van der Waals surface area contributed by atoms with E-state index in [0.29, 0.717) is 11.6 Å². The van der Waals surface area contributed by atoms with Crippen molar-refractivity contribution in [2.24, 2.45) is 0 Å². The van der Waals surface area contributed by atoms with Crippen LogP contribution in [0.2, 0.25) is 0 Å². The fourth-order valence-electron chi connectivity index (χ4n) is 0.689. The molecule has 0 atom stereocenters. The highest BCUT2D eigenvalue weighted by molar-refractivity contribution is 9.11. The largest absolute Gasteiger partial charge is 0.343 e. The van der Waals surface area contributed by atoms with E-state index >= 15 is 0 Å². The van der Waals surface area contributed by atoms with Crippen LogP contribution >= 0.6 is 39.0 Å². The monoisotopic (exact) mass is 277 g/mol. The van der Waals surface area contributed by atoms with Crippen LogP contribution < -0.4 is 0 Å². The molecular formula is C6H4BrN3OS2. The normalized spacial score (nSPS) is 10.5. The average Bonchev–Trinajstić information content (AvgIpc) is 2.71. The van der Waals surface area contributed by atoms with Crippen molar-refractivity contribution in [1.29, 1.82) is 0 Å². The predicted molar refractivity (Wildman–Crippen MR) is 53.7 cm³/mol. The van der Waals surface area contributed by atoms with Crippen LogP contribution in [0.1, 0.15) is 5.82 Å². The number of thioether (sulfide) groups is 1. The van der Waals surface area contributed by atoms with Gasteiger partial charge in [-0.1, -0.05) is 16.9 Å². The molecule has 4 nitrogen and oxygen atoms in total. The lowest BCUT2D eigenvalue weighted by molar-refractivity contribution is 0.412. The summed E-state index contributed by atoms with van der Waals surface area (Å²) in [5, 5.41) is 3.70. The van der Waals surface area contributed by atoms with Gasteiger partial charge in [-0.15, -0.1) is 11.3 Å². The summed E-state index contributed by atoms with van der Waals surface area (Å²) in [5.74, 6) is 1.38. The summed E-state index contributed by atoms with van der Waals surface area (Å²) in [6, 6.07) is 0. The first kappa shape index (κ1) is 9.17. The van der Waals surface area contributed by atoms with E-state index in [1.54, 1.807) is 29.3 Å². The molecule has 0 aliphatic carbocycles. The summed E-state index contributed by atoms with van der Waals surface area (Å²) in [4.78, 5) is 8.07. The SMILES string of the molecule is Brc1cnc(SCc2ncon2)s1. The summed E-state index contributed by atoms with van der Waals surface area (Å²) in [5.41, 5.74) is 0. The van der Waals surface area contributed by atoms with Crippen LogP contribution in [0.4, 0.5) is 0 Å². The molecule has 0 spiro atoms. The minimum absolute atomic E-state index is 0.691. The van der Waals surface area contributed by atoms with Gasteiger partial charge in [0.2, 0.25) is 6.39 Å². The molecule has 0 amide bonds. The summed E-state index contributed by atoms with van der Waals surface area (Å²) >= 11 is 6.53. The highest BCUT2D eigenvalue weighted by atomic mass is 79.9. The Hall–Kier alpha value is -0.400. The Labute approximate surface area is 90.9 Å². The van der Waals surface area contributed by atoms with Gasteiger partial charge in [0, 0.05) is 0 Å². The van der Waals surface area contributed by atoms with Crippen molar-refractivity contribution in [3.8, 4) is 0 Å². The molecule has 0 bridgehead atoms. The average molecular weight is 278 g/mol. The van der Waals surface area contributed by atoms with Gasteiger partial charge >= 0.3 is 0 Å². The number of hydrogen-bond donors (Lipinski definition) is 0. The van der Waals surface area contributed by atoms with Crippen LogP contribution in [-0.4, -0.2) is 15.1 Å². The molecule has 13 heavy (non-hydrogen) atoms. The molecule has 0 aromatic carbocycles. The maximum Gasteiger partial charge on any atom is 0.213 e. The second kappa shape index (κ2) is 4.21. The van der Waals surface area contributed by atoms with Gasteiger partial charge in [0.1, 0.15) is 0 Å². The van der Waals surface area contributed by atoms with Gasteiger partial charge in [-0.3, -0.25) is 0 Å². The maximum atomic E-state index is 4.61. The minimum atomic E-state index is 0.691. The topological polar surface area (TPSA) is 51.8 Å². The van der Waals surface area contributed by atoms with Crippen LogP contribution in [0.25, 0.3) is 0 Å². The first-order valence-electron chi connectivity index (χ1n) is 3.34. The zero-order valence-corrected chi connectivity index (χ0v) is 9.53. The number of hydrogen-bond acceptors (Lipinski definition) is 6. The van der Waals surface area contributed by atoms with Crippen molar-refractivity contribution in [2.45, 2.75) is 10.1 Å². The van der Waals surface area contributed by atoms with E-state index in [2.05, 4.69) is 35.6 Å². The van der Waals surface area contributed by atoms with E-state index in [-0.39, 0.29) is 0 Å². The van der Waals surface area contributed by atoms with E-state index in [9.17, 15) is 0 Å². The molecule has 0 saturated carbocycles. The molecule has 0 aliphatic heterocycles. The molecule has 7 heteroatoms. The van der Waals surface area contributed by atoms with E-state index in [0.717, 1.165) is 8.13 Å². The van der Waals surface area contributed by atoms with E-state index in [1.807, 2.05) is 0 Å². The van der Waals surface area contributed by atoms with Crippen LogP contribution in [0.5, 0.6) is 0 Å². The maximum absolute atomic E-state index is 4.61. The third kappa shape index (κ3) is 2.52. The third-order valence-electron chi connectivity index (χ3n) is 1.19. The quantitative estimate of drug-likeness (QED) is 0.808. The van der Waals surface area contributed by atoms with Crippen molar-refractivity contribution >= 4 is 39.0 Å². The van der Waals surface area contributed by atoms with Gasteiger partial charge in [-0.2, -0.15) is 4.98 Å². The Morgan fingerprint density at radius 2 is 2.46 bits per heavy atom. The van der Waals surface area contributed by atoms with E-state index < -0.39 is 0 Å². The highest BCUT2D eigenvalue weighted by Gasteiger charge is 2.03. The van der Waals surface area contributed by atoms with Crippen LogP contribution in [-0.2, 0) is 5.75 Å². The van der Waals surface area contributed by atoms with Gasteiger partial charge in [-0.25, -0.2) is 4.98 Å². The lowest BCUT2D eigenvalue weighted by Crippen LogP contribution is -1.81. The molecule has 2 heterocycles. The molecule has 0 radical (unpaired) electrons. The molecule has 0 N–H and O–H groups in total. The molecule has 0 unspecified atom stereocenters. The summed E-state index contributed by atoms with van der Waals surface area (Å²) < 4.78 is 6.63. The van der Waals surface area contributed by atoms with Crippen molar-refractivity contribution < 1.29 is 4.52 Å². The molecule has 2 aromatic heterocycles. The molecule has 0 fully saturated rings. The Kier molecular flexibility index (Phi) is 2.97. The lowest BCUT2D eigenvalue weighted by Gasteiger charge is -1.89. The molecule has 2 rings (SSSR count). The molecule has 2 aromatic rings. The van der Waals surface area contributed by atoms with E-state index in [4.69, 9.17) is 0 Å². The van der Waals surface area contributed by atoms with Crippen molar-refractivity contribution in [1.82, 2.24) is 15.1 Å². The Bertz CT molecular complexity index is 375. The lowest BCUT2D eigenvalue weighted by atomic mass is 10.7. The van der Waals surface area contributed by atoms with Crippen molar-refractivity contribution in [3.63, 3.8) is 0 Å².